The Bertz CT molecular complexity index is 1220. The molecule has 174 valence electrons. The highest BCUT2D eigenvalue weighted by Gasteiger charge is 2.32. The predicted molar refractivity (Wildman–Crippen MR) is 121 cm³/mol. The number of rotatable bonds is 5. The number of hydrogen-bond acceptors (Lipinski definition) is 7. The van der Waals surface area contributed by atoms with Crippen molar-refractivity contribution in [3.05, 3.63) is 45.6 Å². The molecule has 12 heteroatoms. The third-order valence-electron chi connectivity index (χ3n) is 4.97. The number of alkyl halides is 3. The molecule has 0 spiro atoms. The van der Waals surface area contributed by atoms with E-state index in [9.17, 15) is 22.8 Å². The molecular formula is C21H19F3N4O3S2. The van der Waals surface area contributed by atoms with E-state index in [1.807, 2.05) is 18.9 Å². The summed E-state index contributed by atoms with van der Waals surface area (Å²) in [5.41, 5.74) is 2.06. The zero-order chi connectivity index (χ0) is 23.9. The topological polar surface area (TPSA) is 74.8 Å². The summed E-state index contributed by atoms with van der Waals surface area (Å²) in [4.78, 5) is 34.2. The summed E-state index contributed by atoms with van der Waals surface area (Å²) in [5, 5.41) is 5.50. The van der Waals surface area contributed by atoms with E-state index < -0.39 is 6.36 Å². The molecule has 33 heavy (non-hydrogen) atoms. The van der Waals surface area contributed by atoms with Gasteiger partial charge in [-0.25, -0.2) is 4.98 Å². The molecule has 2 amide bonds. The van der Waals surface area contributed by atoms with E-state index in [2.05, 4.69) is 15.0 Å². The van der Waals surface area contributed by atoms with E-state index in [-0.39, 0.29) is 24.0 Å². The van der Waals surface area contributed by atoms with Gasteiger partial charge in [-0.15, -0.1) is 35.8 Å². The van der Waals surface area contributed by atoms with Crippen molar-refractivity contribution in [3.8, 4) is 17.0 Å². The van der Waals surface area contributed by atoms with Gasteiger partial charge in [0.15, 0.2) is 5.13 Å². The summed E-state index contributed by atoms with van der Waals surface area (Å²) >= 11 is 2.63. The Labute approximate surface area is 195 Å². The zero-order valence-electron chi connectivity index (χ0n) is 17.8. The number of thiophene rings is 1. The van der Waals surface area contributed by atoms with Crippen LogP contribution in [0.15, 0.2) is 29.6 Å². The quantitative estimate of drug-likeness (QED) is 0.552. The smallest absolute Gasteiger partial charge is 0.406 e. The van der Waals surface area contributed by atoms with Gasteiger partial charge in [0.2, 0.25) is 5.91 Å². The van der Waals surface area contributed by atoms with Crippen LogP contribution in [0.2, 0.25) is 0 Å². The monoisotopic (exact) mass is 496 g/mol. The predicted octanol–water partition coefficient (Wildman–Crippen LogP) is 4.74. The van der Waals surface area contributed by atoms with Crippen molar-refractivity contribution in [3.63, 3.8) is 0 Å². The fourth-order valence-electron chi connectivity index (χ4n) is 3.54. The van der Waals surface area contributed by atoms with Crippen LogP contribution in [0.4, 0.5) is 23.3 Å². The summed E-state index contributed by atoms with van der Waals surface area (Å²) < 4.78 is 41.4. The molecule has 3 heterocycles. The number of carbonyl (C=O) groups excluding carboxylic acids is 2. The molecule has 0 unspecified atom stereocenters. The normalized spacial score (nSPS) is 13.8. The minimum absolute atomic E-state index is 0.00884. The number of anilines is 2. The number of aromatic nitrogens is 1. The number of halogens is 3. The van der Waals surface area contributed by atoms with Crippen molar-refractivity contribution < 1.29 is 27.5 Å². The first-order chi connectivity index (χ1) is 15.5. The van der Waals surface area contributed by atoms with Crippen molar-refractivity contribution >= 4 is 44.6 Å². The van der Waals surface area contributed by atoms with Crippen LogP contribution in [0.25, 0.3) is 11.3 Å². The summed E-state index contributed by atoms with van der Waals surface area (Å²) in [7, 11) is 3.61. The van der Waals surface area contributed by atoms with E-state index in [0.29, 0.717) is 34.2 Å². The Morgan fingerprint density at radius 1 is 1.27 bits per heavy atom. The van der Waals surface area contributed by atoms with Gasteiger partial charge in [0.05, 0.1) is 24.3 Å². The lowest BCUT2D eigenvalue weighted by molar-refractivity contribution is -0.274. The first-order valence-electron chi connectivity index (χ1n) is 9.72. The summed E-state index contributed by atoms with van der Waals surface area (Å²) in [5.74, 6) is -0.805. The Morgan fingerprint density at radius 3 is 2.76 bits per heavy atom. The second-order valence-corrected chi connectivity index (χ2v) is 9.56. The van der Waals surface area contributed by atoms with E-state index >= 15 is 0 Å². The molecule has 0 fully saturated rings. The number of thiazole rings is 1. The molecule has 1 aliphatic heterocycles. The Balaban J connectivity index is 1.49. The second kappa shape index (κ2) is 8.67. The van der Waals surface area contributed by atoms with Crippen LogP contribution >= 0.6 is 22.7 Å². The molecule has 4 rings (SSSR count). The number of fused-ring (bicyclic) bond motifs is 1. The maximum absolute atomic E-state index is 12.7. The molecule has 0 bridgehead atoms. The maximum Gasteiger partial charge on any atom is 0.573 e. The zero-order valence-corrected chi connectivity index (χ0v) is 19.5. The van der Waals surface area contributed by atoms with Crippen molar-refractivity contribution in [2.45, 2.75) is 19.7 Å². The molecule has 0 atom stereocenters. The Hall–Kier alpha value is -3.12. The number of benzene rings is 1. The van der Waals surface area contributed by atoms with Crippen LogP contribution in [0, 0.1) is 6.92 Å². The third kappa shape index (κ3) is 4.96. The number of amides is 2. The van der Waals surface area contributed by atoms with Gasteiger partial charge in [-0.2, -0.15) is 0 Å². The number of hydrogen-bond donors (Lipinski definition) is 1. The highest BCUT2D eigenvalue weighted by Crippen LogP contribution is 2.39. The fourth-order valence-corrected chi connectivity index (χ4v) is 5.39. The van der Waals surface area contributed by atoms with Gasteiger partial charge in [0.25, 0.3) is 5.91 Å². The molecule has 2 aromatic heterocycles. The van der Waals surface area contributed by atoms with Gasteiger partial charge >= 0.3 is 6.36 Å². The average molecular weight is 497 g/mol. The molecule has 1 aliphatic rings. The molecule has 7 nitrogen and oxygen atoms in total. The van der Waals surface area contributed by atoms with E-state index in [0.717, 1.165) is 21.2 Å². The highest BCUT2D eigenvalue weighted by atomic mass is 32.1. The molecule has 3 aromatic rings. The summed E-state index contributed by atoms with van der Waals surface area (Å²) in [6.07, 6.45) is -4.78. The second-order valence-electron chi connectivity index (χ2n) is 7.50. The van der Waals surface area contributed by atoms with Crippen molar-refractivity contribution in [2.24, 2.45) is 0 Å². The Kier molecular flexibility index (Phi) is 6.06. The van der Waals surface area contributed by atoms with Crippen LogP contribution in [0.5, 0.6) is 5.75 Å². The van der Waals surface area contributed by atoms with Gasteiger partial charge in [-0.3, -0.25) is 9.59 Å². The largest absolute Gasteiger partial charge is 0.573 e. The van der Waals surface area contributed by atoms with Crippen molar-refractivity contribution in [2.75, 3.05) is 31.0 Å². The molecular weight excluding hydrogens is 477 g/mol. The molecule has 0 aliphatic carbocycles. The SMILES string of the molecule is Cc1sc2c(c1CC(=O)Nc1nc(-c3cccc(OC(F)(F)F)c3)cs1)C(=O)N(C)CN2C. The van der Waals surface area contributed by atoms with Crippen molar-refractivity contribution in [1.29, 1.82) is 0 Å². The molecule has 0 saturated heterocycles. The Morgan fingerprint density at radius 2 is 2.03 bits per heavy atom. The number of aryl methyl sites for hydroxylation is 1. The van der Waals surface area contributed by atoms with E-state index in [1.165, 1.54) is 29.5 Å². The first-order valence-corrected chi connectivity index (χ1v) is 11.4. The van der Waals surface area contributed by atoms with Crippen LogP contribution in [-0.2, 0) is 11.2 Å². The molecule has 1 aromatic carbocycles. The van der Waals surface area contributed by atoms with Gasteiger partial charge < -0.3 is 19.9 Å². The number of nitrogens with zero attached hydrogens (tertiary/aromatic N) is 3. The van der Waals surface area contributed by atoms with Crippen LogP contribution in [0.3, 0.4) is 0 Å². The molecule has 1 N–H and O–H groups in total. The van der Waals surface area contributed by atoms with Gasteiger partial charge in [0, 0.05) is 29.9 Å². The number of nitrogens with one attached hydrogen (secondary N) is 1. The molecule has 0 saturated carbocycles. The number of ether oxygens (including phenoxy) is 1. The van der Waals surface area contributed by atoms with Crippen molar-refractivity contribution in [1.82, 2.24) is 9.88 Å². The minimum atomic E-state index is -4.79. The lowest BCUT2D eigenvalue weighted by Gasteiger charge is -2.31. The third-order valence-corrected chi connectivity index (χ3v) is 6.99. The van der Waals surface area contributed by atoms with Crippen LogP contribution < -0.4 is 15.0 Å². The highest BCUT2D eigenvalue weighted by molar-refractivity contribution is 7.16. The molecule has 0 radical (unpaired) electrons. The fraction of sp³-hybridized carbons (Fsp3) is 0.286. The minimum Gasteiger partial charge on any atom is -0.406 e. The lowest BCUT2D eigenvalue weighted by Crippen LogP contribution is -2.42. The summed E-state index contributed by atoms with van der Waals surface area (Å²) in [6.45, 7) is 2.36. The standard InChI is InChI=1S/C21H19F3N4O3S2/c1-11-14(17-18(30)27(2)10-28(3)19(17)33-11)8-16(29)26-20-25-15(9-32-20)12-5-4-6-13(7-12)31-21(22,23)24/h4-7,9H,8,10H2,1-3H3,(H,25,26,29). The lowest BCUT2D eigenvalue weighted by atomic mass is 10.0. The average Bonchev–Trinajstić information content (AvgIpc) is 3.30. The van der Waals surface area contributed by atoms with Crippen LogP contribution in [0.1, 0.15) is 20.8 Å². The first kappa shape index (κ1) is 23.1. The van der Waals surface area contributed by atoms with E-state index in [4.69, 9.17) is 0 Å². The van der Waals surface area contributed by atoms with E-state index in [1.54, 1.807) is 23.4 Å². The van der Waals surface area contributed by atoms with Gasteiger partial charge in [-0.05, 0) is 24.6 Å². The van der Waals surface area contributed by atoms with Crippen LogP contribution in [-0.4, -0.2) is 48.8 Å². The number of carbonyl (C=O) groups is 2. The summed E-state index contributed by atoms with van der Waals surface area (Å²) in [6, 6.07) is 5.46. The van der Waals surface area contributed by atoms with Gasteiger partial charge in [0.1, 0.15) is 10.8 Å². The van der Waals surface area contributed by atoms with Gasteiger partial charge in [-0.1, -0.05) is 12.1 Å². The maximum atomic E-state index is 12.7.